The zero-order valence-electron chi connectivity index (χ0n) is 16.6. The van der Waals surface area contributed by atoms with Crippen LogP contribution >= 0.6 is 11.6 Å². The second-order valence-electron chi connectivity index (χ2n) is 7.18. The maximum atomic E-state index is 12.1. The van der Waals surface area contributed by atoms with Crippen molar-refractivity contribution >= 4 is 46.3 Å². The molecule has 5 N–H and O–H groups in total. The normalized spacial score (nSPS) is 12.7. The lowest BCUT2D eigenvalue weighted by molar-refractivity contribution is 0.0964. The van der Waals surface area contributed by atoms with E-state index >= 15 is 0 Å². The predicted octanol–water partition coefficient (Wildman–Crippen LogP) is 4.44. The molecule has 30 heavy (non-hydrogen) atoms. The zero-order valence-corrected chi connectivity index (χ0v) is 17.4. The van der Waals surface area contributed by atoms with Crippen LogP contribution < -0.4 is 21.7 Å². The summed E-state index contributed by atoms with van der Waals surface area (Å²) in [5.74, 6) is 0.606. The van der Waals surface area contributed by atoms with E-state index < -0.39 is 0 Å². The molecule has 3 aromatic rings. The van der Waals surface area contributed by atoms with Crippen molar-refractivity contribution in [2.45, 2.75) is 25.7 Å². The molecular weight excluding hydrogens is 400 g/mol. The molecule has 1 aliphatic rings. The number of nitrogens with zero attached hydrogens (tertiary/aromatic N) is 2. The van der Waals surface area contributed by atoms with E-state index in [0.717, 1.165) is 24.9 Å². The lowest BCUT2D eigenvalue weighted by Gasteiger charge is -2.21. The first-order valence-corrected chi connectivity index (χ1v) is 10.2. The number of nitrogens with one attached hydrogen (secondary N) is 3. The third kappa shape index (κ3) is 4.16. The van der Waals surface area contributed by atoms with Gasteiger partial charge in [0.15, 0.2) is 5.82 Å². The van der Waals surface area contributed by atoms with Crippen molar-refractivity contribution in [1.29, 1.82) is 0 Å². The van der Waals surface area contributed by atoms with Crippen LogP contribution in [0, 0.1) is 0 Å². The van der Waals surface area contributed by atoms with E-state index in [1.165, 1.54) is 23.7 Å². The van der Waals surface area contributed by atoms with Crippen molar-refractivity contribution in [3.8, 4) is 0 Å². The summed E-state index contributed by atoms with van der Waals surface area (Å²) < 4.78 is 0. The number of carbonyl (C=O) groups is 1. The molecule has 1 aromatic heterocycles. The Hall–Kier alpha value is -3.32. The van der Waals surface area contributed by atoms with Crippen molar-refractivity contribution in [3.05, 3.63) is 64.3 Å². The van der Waals surface area contributed by atoms with Gasteiger partial charge in [0, 0.05) is 18.4 Å². The number of benzene rings is 2. The number of amides is 1. The standard InChI is InChI=1S/C22H23ClN6O/c1-25-21(30)16-8-4-5-9-18(16)27-20-17(23)12-26-22(29-20)28-19-11-14(24)10-13-6-2-3-7-15(13)19/h4-5,8-12H,2-3,6-7,24H2,1H3,(H,25,30)(H2,26,27,28,29). The summed E-state index contributed by atoms with van der Waals surface area (Å²) >= 11 is 6.32. The number of fused-ring (bicyclic) bond motifs is 1. The Morgan fingerprint density at radius 1 is 1.10 bits per heavy atom. The van der Waals surface area contributed by atoms with Crippen LogP contribution in [0.2, 0.25) is 5.02 Å². The van der Waals surface area contributed by atoms with E-state index in [2.05, 4.69) is 25.9 Å². The molecule has 0 atom stereocenters. The number of para-hydroxylation sites is 1. The quantitative estimate of drug-likeness (QED) is 0.453. The molecule has 0 fully saturated rings. The summed E-state index contributed by atoms with van der Waals surface area (Å²) in [6.07, 6.45) is 5.87. The van der Waals surface area contributed by atoms with Crippen molar-refractivity contribution in [3.63, 3.8) is 0 Å². The van der Waals surface area contributed by atoms with E-state index in [4.69, 9.17) is 17.3 Å². The fourth-order valence-corrected chi connectivity index (χ4v) is 3.83. The molecule has 2 aromatic carbocycles. The highest BCUT2D eigenvalue weighted by atomic mass is 35.5. The van der Waals surface area contributed by atoms with Gasteiger partial charge in [-0.2, -0.15) is 4.98 Å². The Kier molecular flexibility index (Phi) is 5.72. The molecule has 0 radical (unpaired) electrons. The molecule has 1 amide bonds. The van der Waals surface area contributed by atoms with E-state index in [-0.39, 0.29) is 5.91 Å². The largest absolute Gasteiger partial charge is 0.399 e. The molecular formula is C22H23ClN6O. The zero-order chi connectivity index (χ0) is 21.1. The van der Waals surface area contributed by atoms with Crippen LogP contribution in [0.3, 0.4) is 0 Å². The maximum absolute atomic E-state index is 12.1. The third-order valence-electron chi connectivity index (χ3n) is 5.13. The van der Waals surface area contributed by atoms with Gasteiger partial charge in [-0.3, -0.25) is 4.79 Å². The molecule has 1 aliphatic carbocycles. The number of hydrogen-bond acceptors (Lipinski definition) is 6. The number of anilines is 5. The van der Waals surface area contributed by atoms with Gasteiger partial charge in [0.2, 0.25) is 5.95 Å². The van der Waals surface area contributed by atoms with Gasteiger partial charge in [-0.25, -0.2) is 4.98 Å². The summed E-state index contributed by atoms with van der Waals surface area (Å²) in [6.45, 7) is 0. The van der Waals surface area contributed by atoms with Gasteiger partial charge >= 0.3 is 0 Å². The smallest absolute Gasteiger partial charge is 0.253 e. The average Bonchev–Trinajstić information content (AvgIpc) is 2.76. The summed E-state index contributed by atoms with van der Waals surface area (Å²) in [4.78, 5) is 21.0. The van der Waals surface area contributed by atoms with Crippen LogP contribution in [0.25, 0.3) is 0 Å². The van der Waals surface area contributed by atoms with E-state index in [1.54, 1.807) is 25.2 Å². The van der Waals surface area contributed by atoms with E-state index in [9.17, 15) is 4.79 Å². The SMILES string of the molecule is CNC(=O)c1ccccc1Nc1nc(Nc2cc(N)cc3c2CCCC3)ncc1Cl. The number of halogens is 1. The number of hydrogen-bond donors (Lipinski definition) is 4. The second kappa shape index (κ2) is 8.59. The predicted molar refractivity (Wildman–Crippen MR) is 121 cm³/mol. The number of aromatic nitrogens is 2. The molecule has 154 valence electrons. The van der Waals surface area contributed by atoms with Gasteiger partial charge in [0.25, 0.3) is 5.91 Å². The van der Waals surface area contributed by atoms with Crippen molar-refractivity contribution in [2.24, 2.45) is 0 Å². The molecule has 0 bridgehead atoms. The topological polar surface area (TPSA) is 105 Å². The monoisotopic (exact) mass is 422 g/mol. The van der Waals surface area contributed by atoms with Crippen molar-refractivity contribution in [2.75, 3.05) is 23.4 Å². The molecule has 1 heterocycles. The molecule has 4 rings (SSSR count). The average molecular weight is 423 g/mol. The molecule has 8 heteroatoms. The van der Waals surface area contributed by atoms with Crippen LogP contribution in [0.4, 0.5) is 28.8 Å². The second-order valence-corrected chi connectivity index (χ2v) is 7.59. The summed E-state index contributed by atoms with van der Waals surface area (Å²) in [5, 5.41) is 9.42. The molecule has 0 unspecified atom stereocenters. The van der Waals surface area contributed by atoms with Crippen LogP contribution in [0.1, 0.15) is 34.3 Å². The number of carbonyl (C=O) groups excluding carboxylic acids is 1. The molecule has 7 nitrogen and oxygen atoms in total. The Morgan fingerprint density at radius 2 is 1.90 bits per heavy atom. The van der Waals surface area contributed by atoms with Gasteiger partial charge in [-0.05, 0) is 61.1 Å². The van der Waals surface area contributed by atoms with Gasteiger partial charge in [-0.15, -0.1) is 0 Å². The Balaban J connectivity index is 1.64. The fraction of sp³-hybridized carbons (Fsp3) is 0.227. The highest BCUT2D eigenvalue weighted by molar-refractivity contribution is 6.33. The van der Waals surface area contributed by atoms with Gasteiger partial charge in [0.05, 0.1) is 17.4 Å². The summed E-state index contributed by atoms with van der Waals surface area (Å²) in [6, 6.07) is 11.1. The number of rotatable bonds is 5. The first-order chi connectivity index (χ1) is 14.5. The maximum Gasteiger partial charge on any atom is 0.253 e. The number of nitrogen functional groups attached to an aromatic ring is 1. The van der Waals surface area contributed by atoms with E-state index in [1.807, 2.05) is 18.2 Å². The fourth-order valence-electron chi connectivity index (χ4n) is 3.69. The van der Waals surface area contributed by atoms with Gasteiger partial charge in [0.1, 0.15) is 5.02 Å². The lowest BCUT2D eigenvalue weighted by atomic mass is 9.90. The summed E-state index contributed by atoms with van der Waals surface area (Å²) in [5.41, 5.74) is 11.4. The van der Waals surface area contributed by atoms with Gasteiger partial charge in [-0.1, -0.05) is 23.7 Å². The molecule has 0 saturated heterocycles. The molecule has 0 spiro atoms. The Bertz CT molecular complexity index is 1100. The van der Waals surface area contributed by atoms with Crippen molar-refractivity contribution in [1.82, 2.24) is 15.3 Å². The highest BCUT2D eigenvalue weighted by Crippen LogP contribution is 2.33. The third-order valence-corrected chi connectivity index (χ3v) is 5.41. The number of nitrogens with two attached hydrogens (primary N) is 1. The minimum Gasteiger partial charge on any atom is -0.399 e. The first-order valence-electron chi connectivity index (χ1n) is 9.84. The summed E-state index contributed by atoms with van der Waals surface area (Å²) in [7, 11) is 1.59. The van der Waals surface area contributed by atoms with E-state index in [0.29, 0.717) is 33.7 Å². The number of aryl methyl sites for hydroxylation is 1. The van der Waals surface area contributed by atoms with Gasteiger partial charge < -0.3 is 21.7 Å². The Morgan fingerprint density at radius 3 is 2.73 bits per heavy atom. The minimum atomic E-state index is -0.201. The Labute approximate surface area is 180 Å². The van der Waals surface area contributed by atoms with Crippen LogP contribution in [0.5, 0.6) is 0 Å². The lowest BCUT2D eigenvalue weighted by Crippen LogP contribution is -2.19. The minimum absolute atomic E-state index is 0.201. The molecule has 0 aliphatic heterocycles. The van der Waals surface area contributed by atoms with Crippen molar-refractivity contribution < 1.29 is 4.79 Å². The van der Waals surface area contributed by atoms with Crippen LogP contribution in [-0.2, 0) is 12.8 Å². The van der Waals surface area contributed by atoms with Crippen LogP contribution in [0.15, 0.2) is 42.6 Å². The van der Waals surface area contributed by atoms with Crippen LogP contribution in [-0.4, -0.2) is 22.9 Å². The highest BCUT2D eigenvalue weighted by Gasteiger charge is 2.16. The molecule has 0 saturated carbocycles. The first kappa shape index (κ1) is 20.0.